The van der Waals surface area contributed by atoms with Crippen molar-refractivity contribution in [2.24, 2.45) is 0 Å². The number of H-pyrrole nitrogens is 1. The zero-order valence-corrected chi connectivity index (χ0v) is 16.5. The Hall–Kier alpha value is -3.44. The van der Waals surface area contributed by atoms with E-state index in [1.54, 1.807) is 7.11 Å². The molecule has 0 unspecified atom stereocenters. The highest BCUT2D eigenvalue weighted by Gasteiger charge is 2.22. The maximum atomic E-state index is 12.8. The number of hydrogen-bond donors (Lipinski definition) is 2. The number of methoxy groups -OCH3 is 1. The number of para-hydroxylation sites is 2. The highest BCUT2D eigenvalue weighted by atomic mass is 32.2. The van der Waals surface area contributed by atoms with Gasteiger partial charge in [0.05, 0.1) is 28.9 Å². The summed E-state index contributed by atoms with van der Waals surface area (Å²) in [6, 6.07) is 23.9. The second-order valence-corrected chi connectivity index (χ2v) is 7.81. The van der Waals surface area contributed by atoms with Crippen molar-refractivity contribution in [1.82, 2.24) is 4.98 Å². The first-order chi connectivity index (χ1) is 14.2. The van der Waals surface area contributed by atoms with Gasteiger partial charge in [0, 0.05) is 15.8 Å². The number of carbonyl (C=O) groups excluding carboxylic acids is 1. The first-order valence-electron chi connectivity index (χ1n) is 9.28. The van der Waals surface area contributed by atoms with Crippen molar-refractivity contribution in [2.45, 2.75) is 4.90 Å². The van der Waals surface area contributed by atoms with E-state index in [-0.39, 0.29) is 5.91 Å². The van der Waals surface area contributed by atoms with Gasteiger partial charge in [0.15, 0.2) is 0 Å². The molecule has 5 rings (SSSR count). The van der Waals surface area contributed by atoms with Gasteiger partial charge in [-0.1, -0.05) is 66.4 Å². The molecule has 0 fully saturated rings. The van der Waals surface area contributed by atoms with Crippen molar-refractivity contribution < 1.29 is 9.53 Å². The molecule has 0 atom stereocenters. The van der Waals surface area contributed by atoms with E-state index in [1.165, 1.54) is 11.8 Å². The van der Waals surface area contributed by atoms with Crippen molar-refractivity contribution in [2.75, 3.05) is 12.4 Å². The van der Waals surface area contributed by atoms with Crippen LogP contribution in [0.5, 0.6) is 5.75 Å². The fraction of sp³-hybridized carbons (Fsp3) is 0.0417. The van der Waals surface area contributed by atoms with Crippen molar-refractivity contribution in [3.63, 3.8) is 0 Å². The van der Waals surface area contributed by atoms with E-state index in [4.69, 9.17) is 4.74 Å². The van der Waals surface area contributed by atoms with Gasteiger partial charge in [0.2, 0.25) is 0 Å². The van der Waals surface area contributed by atoms with E-state index in [2.05, 4.69) is 22.4 Å². The number of anilines is 1. The Kier molecular flexibility index (Phi) is 4.37. The van der Waals surface area contributed by atoms with Crippen LogP contribution in [0.3, 0.4) is 0 Å². The van der Waals surface area contributed by atoms with Gasteiger partial charge in [-0.3, -0.25) is 4.79 Å². The van der Waals surface area contributed by atoms with E-state index >= 15 is 0 Å². The summed E-state index contributed by atoms with van der Waals surface area (Å²) in [5.74, 6) is 0.681. The molecule has 2 N–H and O–H groups in total. The second kappa shape index (κ2) is 7.18. The maximum Gasteiger partial charge on any atom is 0.262 e. The molecule has 1 aliphatic heterocycles. The minimum atomic E-state index is -0.0926. The van der Waals surface area contributed by atoms with E-state index in [0.29, 0.717) is 4.91 Å². The first-order valence-corrected chi connectivity index (χ1v) is 10.1. The summed E-state index contributed by atoms with van der Waals surface area (Å²) in [6.45, 7) is 0. The number of ether oxygens (including phenoxy) is 1. The Balaban J connectivity index is 1.72. The summed E-state index contributed by atoms with van der Waals surface area (Å²) in [4.78, 5) is 18.0. The fourth-order valence-electron chi connectivity index (χ4n) is 3.60. The molecule has 142 valence electrons. The average Bonchev–Trinajstić information content (AvgIpc) is 3.13. The molecule has 1 aromatic heterocycles. The van der Waals surface area contributed by atoms with Crippen LogP contribution >= 0.6 is 11.8 Å². The fourth-order valence-corrected chi connectivity index (χ4v) is 4.53. The zero-order chi connectivity index (χ0) is 19.8. The number of fused-ring (bicyclic) bond motifs is 2. The zero-order valence-electron chi connectivity index (χ0n) is 15.7. The first kappa shape index (κ1) is 17.6. The lowest BCUT2D eigenvalue weighted by atomic mass is 10.0. The molecule has 2 heterocycles. The van der Waals surface area contributed by atoms with E-state index in [0.717, 1.165) is 44.1 Å². The number of thioether (sulfide) groups is 1. The van der Waals surface area contributed by atoms with Crippen molar-refractivity contribution in [3.8, 4) is 17.0 Å². The van der Waals surface area contributed by atoms with Crippen LogP contribution in [0.2, 0.25) is 0 Å². The summed E-state index contributed by atoms with van der Waals surface area (Å²) < 4.78 is 5.55. The van der Waals surface area contributed by atoms with Crippen LogP contribution in [0, 0.1) is 0 Å². The standard InChI is InChI=1S/C24H18N2O2S/c1-28-19-12-7-10-16-17(22(26-23(16)19)15-8-3-2-4-9-15)14-21-24(27)25-18-11-5-6-13-20(18)29-21/h2-14,26H,1H3,(H,25,27)/b21-14-. The lowest BCUT2D eigenvalue weighted by Gasteiger charge is -2.18. The third-order valence-electron chi connectivity index (χ3n) is 4.97. The summed E-state index contributed by atoms with van der Waals surface area (Å²) in [7, 11) is 1.66. The molecule has 29 heavy (non-hydrogen) atoms. The van der Waals surface area contributed by atoms with Gasteiger partial charge in [-0.2, -0.15) is 0 Å². The smallest absolute Gasteiger partial charge is 0.262 e. The van der Waals surface area contributed by atoms with Gasteiger partial charge in [0.25, 0.3) is 5.91 Å². The molecule has 1 amide bonds. The molecule has 0 saturated heterocycles. The monoisotopic (exact) mass is 398 g/mol. The summed E-state index contributed by atoms with van der Waals surface area (Å²) in [5, 5.41) is 4.01. The maximum absolute atomic E-state index is 12.8. The Morgan fingerprint density at radius 2 is 1.72 bits per heavy atom. The lowest BCUT2D eigenvalue weighted by Crippen LogP contribution is -2.17. The van der Waals surface area contributed by atoms with Crippen molar-refractivity contribution in [3.05, 3.63) is 83.3 Å². The number of hydrogen-bond acceptors (Lipinski definition) is 3. The van der Waals surface area contributed by atoms with Gasteiger partial charge in [-0.05, 0) is 29.8 Å². The molecular weight excluding hydrogens is 380 g/mol. The minimum absolute atomic E-state index is 0.0926. The van der Waals surface area contributed by atoms with Crippen LogP contribution in [0.4, 0.5) is 5.69 Å². The minimum Gasteiger partial charge on any atom is -0.495 e. The number of benzene rings is 3. The van der Waals surface area contributed by atoms with Crippen LogP contribution in [-0.2, 0) is 4.79 Å². The number of aromatic nitrogens is 1. The summed E-state index contributed by atoms with van der Waals surface area (Å²) >= 11 is 1.49. The second-order valence-electron chi connectivity index (χ2n) is 6.72. The highest BCUT2D eigenvalue weighted by Crippen LogP contribution is 2.41. The highest BCUT2D eigenvalue weighted by molar-refractivity contribution is 8.04. The number of rotatable bonds is 3. The van der Waals surface area contributed by atoms with Crippen molar-refractivity contribution >= 4 is 40.3 Å². The summed E-state index contributed by atoms with van der Waals surface area (Å²) in [5.41, 5.74) is 4.76. The molecule has 3 aromatic carbocycles. The predicted octanol–water partition coefficient (Wildman–Crippen LogP) is 5.93. The molecule has 0 aliphatic carbocycles. The average molecular weight is 398 g/mol. The number of carbonyl (C=O) groups is 1. The van der Waals surface area contributed by atoms with Gasteiger partial charge in [0.1, 0.15) is 5.75 Å². The summed E-state index contributed by atoms with van der Waals surface area (Å²) in [6.07, 6.45) is 1.97. The molecule has 0 radical (unpaired) electrons. The van der Waals surface area contributed by atoms with Crippen LogP contribution < -0.4 is 10.1 Å². The van der Waals surface area contributed by atoms with Gasteiger partial charge in [-0.25, -0.2) is 0 Å². The molecule has 0 saturated carbocycles. The van der Waals surface area contributed by atoms with E-state index in [9.17, 15) is 4.79 Å². The van der Waals surface area contributed by atoms with E-state index < -0.39 is 0 Å². The Bertz CT molecular complexity index is 1260. The molecule has 1 aliphatic rings. The van der Waals surface area contributed by atoms with Gasteiger partial charge < -0.3 is 15.0 Å². The predicted molar refractivity (Wildman–Crippen MR) is 119 cm³/mol. The normalized spacial score (nSPS) is 14.7. The van der Waals surface area contributed by atoms with Crippen LogP contribution in [0.25, 0.3) is 28.2 Å². The SMILES string of the molecule is COc1cccc2c(/C=C3\Sc4ccccc4NC3=O)c(-c3ccccc3)[nH]c12. The van der Waals surface area contributed by atoms with Crippen LogP contribution in [-0.4, -0.2) is 18.0 Å². The largest absolute Gasteiger partial charge is 0.495 e. The molecule has 0 spiro atoms. The Labute approximate surface area is 172 Å². The molecule has 4 nitrogen and oxygen atoms in total. The number of nitrogens with one attached hydrogen (secondary N) is 2. The van der Waals surface area contributed by atoms with Crippen molar-refractivity contribution in [1.29, 1.82) is 0 Å². The van der Waals surface area contributed by atoms with E-state index in [1.807, 2.05) is 66.7 Å². The topological polar surface area (TPSA) is 54.1 Å². The Morgan fingerprint density at radius 1 is 0.931 bits per heavy atom. The third kappa shape index (κ3) is 3.09. The van der Waals surface area contributed by atoms with Crippen LogP contribution in [0.15, 0.2) is 82.6 Å². The van der Waals surface area contributed by atoms with Gasteiger partial charge in [-0.15, -0.1) is 0 Å². The number of amides is 1. The molecule has 4 aromatic rings. The van der Waals surface area contributed by atoms with Gasteiger partial charge >= 0.3 is 0 Å². The quantitative estimate of drug-likeness (QED) is 0.421. The molecule has 5 heteroatoms. The molecule has 0 bridgehead atoms. The Morgan fingerprint density at radius 3 is 2.55 bits per heavy atom. The third-order valence-corrected chi connectivity index (χ3v) is 6.07. The number of aromatic amines is 1. The molecular formula is C24H18N2O2S. The van der Waals surface area contributed by atoms with Crippen LogP contribution in [0.1, 0.15) is 5.56 Å². The lowest BCUT2D eigenvalue weighted by molar-refractivity contribution is -0.112.